The van der Waals surface area contributed by atoms with E-state index in [1.54, 1.807) is 6.92 Å². The van der Waals surface area contributed by atoms with Gasteiger partial charge in [-0.1, -0.05) is 6.07 Å². The molecule has 0 unspecified atom stereocenters. The van der Waals surface area contributed by atoms with E-state index in [4.69, 9.17) is 0 Å². The lowest BCUT2D eigenvalue weighted by atomic mass is 10.2. The minimum Gasteiger partial charge on any atom is -0.305 e. The van der Waals surface area contributed by atoms with E-state index in [0.717, 1.165) is 33.4 Å². The van der Waals surface area contributed by atoms with Gasteiger partial charge in [-0.25, -0.2) is 13.2 Å². The minimum absolute atomic E-state index is 0.0545. The Morgan fingerprint density at radius 3 is 2.32 bits per heavy atom. The van der Waals surface area contributed by atoms with Crippen molar-refractivity contribution in [3.05, 3.63) is 98.1 Å². The van der Waals surface area contributed by atoms with Crippen LogP contribution in [0.15, 0.2) is 58.4 Å². The van der Waals surface area contributed by atoms with E-state index < -0.39 is 28.6 Å². The maximum absolute atomic E-state index is 13.7. The largest absolute Gasteiger partial charge is 0.320 e. The summed E-state index contributed by atoms with van der Waals surface area (Å²) in [5.41, 5.74) is -1.04. The molecule has 0 radical (unpaired) electrons. The molecule has 7 heteroatoms. The van der Waals surface area contributed by atoms with Crippen molar-refractivity contribution >= 4 is 0 Å². The molecular weight excluding hydrogens is 333 g/mol. The van der Waals surface area contributed by atoms with Crippen molar-refractivity contribution in [3.8, 4) is 5.69 Å². The summed E-state index contributed by atoms with van der Waals surface area (Å²) < 4.78 is 42.4. The second-order valence-corrected chi connectivity index (χ2v) is 5.57. The molecule has 0 aliphatic rings. The Kier molecular flexibility index (Phi) is 4.31. The molecule has 0 saturated carbocycles. The summed E-state index contributed by atoms with van der Waals surface area (Å²) in [7, 11) is 0. The molecule has 0 aliphatic carbocycles. The molecule has 0 N–H and O–H groups in total. The van der Waals surface area contributed by atoms with Crippen molar-refractivity contribution < 1.29 is 13.2 Å². The molecule has 4 nitrogen and oxygen atoms in total. The summed E-state index contributed by atoms with van der Waals surface area (Å²) >= 11 is 0. The van der Waals surface area contributed by atoms with Crippen LogP contribution in [0.25, 0.3) is 5.69 Å². The van der Waals surface area contributed by atoms with E-state index >= 15 is 0 Å². The van der Waals surface area contributed by atoms with Gasteiger partial charge in [-0.3, -0.25) is 14.2 Å². The maximum Gasteiger partial charge on any atom is 0.320 e. The number of benzene rings is 2. The molecule has 0 saturated heterocycles. The maximum atomic E-state index is 13.7. The van der Waals surface area contributed by atoms with Gasteiger partial charge in [0.1, 0.15) is 17.5 Å². The predicted molar refractivity (Wildman–Crippen MR) is 86.5 cm³/mol. The molecule has 128 valence electrons. The second-order valence-electron chi connectivity index (χ2n) is 5.57. The first-order valence-corrected chi connectivity index (χ1v) is 7.39. The molecule has 0 amide bonds. The number of rotatable bonds is 3. The lowest BCUT2D eigenvalue weighted by molar-refractivity contribution is 0.572. The fraction of sp³-hybridized carbons (Fsp3) is 0.111. The summed E-state index contributed by atoms with van der Waals surface area (Å²) in [6.07, 6.45) is 2.57. The highest BCUT2D eigenvalue weighted by atomic mass is 19.1. The Bertz CT molecular complexity index is 1070. The third-order valence-electron chi connectivity index (χ3n) is 3.84. The quantitative estimate of drug-likeness (QED) is 0.685. The van der Waals surface area contributed by atoms with Gasteiger partial charge in [0.2, 0.25) is 0 Å². The summed E-state index contributed by atoms with van der Waals surface area (Å²) in [6, 6.07) is 6.76. The van der Waals surface area contributed by atoms with Crippen LogP contribution in [0.5, 0.6) is 0 Å². The molecule has 1 aromatic heterocycles. The predicted octanol–water partition coefficient (Wildman–Crippen LogP) is 2.77. The van der Waals surface area contributed by atoms with Crippen molar-refractivity contribution in [2.24, 2.45) is 0 Å². The summed E-state index contributed by atoms with van der Waals surface area (Å²) in [4.78, 5) is 24.6. The van der Waals surface area contributed by atoms with E-state index in [-0.39, 0.29) is 17.8 Å². The molecule has 3 rings (SSSR count). The van der Waals surface area contributed by atoms with Crippen LogP contribution in [0.4, 0.5) is 13.2 Å². The zero-order valence-electron chi connectivity index (χ0n) is 13.2. The average molecular weight is 346 g/mol. The number of hydrogen-bond acceptors (Lipinski definition) is 2. The molecule has 0 aliphatic heterocycles. The van der Waals surface area contributed by atoms with E-state index in [1.165, 1.54) is 24.5 Å². The van der Waals surface area contributed by atoms with Crippen molar-refractivity contribution in [3.63, 3.8) is 0 Å². The first-order valence-electron chi connectivity index (χ1n) is 7.39. The third-order valence-corrected chi connectivity index (χ3v) is 3.84. The highest BCUT2D eigenvalue weighted by Gasteiger charge is 2.12. The van der Waals surface area contributed by atoms with E-state index in [2.05, 4.69) is 0 Å². The van der Waals surface area contributed by atoms with Gasteiger partial charge in [-0.05, 0) is 42.8 Å². The Balaban J connectivity index is 2.07. The molecule has 0 bridgehead atoms. The van der Waals surface area contributed by atoms with Crippen LogP contribution < -0.4 is 11.1 Å². The van der Waals surface area contributed by atoms with E-state index in [1.807, 2.05) is 0 Å². The van der Waals surface area contributed by atoms with Crippen LogP contribution in [0.2, 0.25) is 0 Å². The van der Waals surface area contributed by atoms with E-state index in [0.29, 0.717) is 5.56 Å². The topological polar surface area (TPSA) is 44.0 Å². The Morgan fingerprint density at radius 1 is 0.880 bits per heavy atom. The normalized spacial score (nSPS) is 10.9. The van der Waals surface area contributed by atoms with Crippen LogP contribution in [-0.2, 0) is 6.54 Å². The molecule has 25 heavy (non-hydrogen) atoms. The minimum atomic E-state index is -0.921. The fourth-order valence-corrected chi connectivity index (χ4v) is 2.51. The van der Waals surface area contributed by atoms with Crippen molar-refractivity contribution in [2.45, 2.75) is 13.5 Å². The van der Waals surface area contributed by atoms with Crippen LogP contribution in [-0.4, -0.2) is 9.13 Å². The Labute approximate surface area is 140 Å². The molecule has 0 atom stereocenters. The molecule has 1 heterocycles. The number of aryl methyl sites for hydroxylation is 1. The smallest absolute Gasteiger partial charge is 0.305 e. The zero-order valence-corrected chi connectivity index (χ0v) is 13.2. The fourth-order valence-electron chi connectivity index (χ4n) is 2.51. The highest BCUT2D eigenvalue weighted by Crippen LogP contribution is 2.14. The van der Waals surface area contributed by atoms with Crippen molar-refractivity contribution in [1.82, 2.24) is 9.13 Å². The average Bonchev–Trinajstić information content (AvgIpc) is 2.58. The van der Waals surface area contributed by atoms with Crippen LogP contribution in [0, 0.1) is 24.4 Å². The third kappa shape index (κ3) is 3.26. The van der Waals surface area contributed by atoms with Crippen LogP contribution in [0.1, 0.15) is 11.1 Å². The van der Waals surface area contributed by atoms with Gasteiger partial charge >= 0.3 is 11.1 Å². The zero-order chi connectivity index (χ0) is 18.1. The monoisotopic (exact) mass is 346 g/mol. The molecule has 0 spiro atoms. The molecule has 2 aromatic carbocycles. The van der Waals surface area contributed by atoms with Gasteiger partial charge in [-0.2, -0.15) is 0 Å². The summed E-state index contributed by atoms with van der Waals surface area (Å²) in [5, 5.41) is 0. The Morgan fingerprint density at radius 2 is 1.56 bits per heavy atom. The van der Waals surface area contributed by atoms with Gasteiger partial charge in [0.15, 0.2) is 0 Å². The SMILES string of the molecule is Cc1ccc(F)cc1-n1ccn(Cc2cc(F)ccc2F)c(=O)c1=O. The van der Waals surface area contributed by atoms with Crippen molar-refractivity contribution in [1.29, 1.82) is 0 Å². The van der Waals surface area contributed by atoms with Crippen LogP contribution >= 0.6 is 0 Å². The van der Waals surface area contributed by atoms with Gasteiger partial charge < -0.3 is 4.57 Å². The lowest BCUT2D eigenvalue weighted by Crippen LogP contribution is -2.40. The first kappa shape index (κ1) is 16.8. The second kappa shape index (κ2) is 6.43. The van der Waals surface area contributed by atoms with Crippen LogP contribution in [0.3, 0.4) is 0 Å². The standard InChI is InChI=1S/C18H13F3N2O2/c1-11-2-3-14(20)9-16(11)23-7-6-22(17(24)18(23)25)10-12-8-13(19)4-5-15(12)21/h2-9H,10H2,1H3. The van der Waals surface area contributed by atoms with Gasteiger partial charge in [0.25, 0.3) is 0 Å². The van der Waals surface area contributed by atoms with Crippen molar-refractivity contribution in [2.75, 3.05) is 0 Å². The van der Waals surface area contributed by atoms with Gasteiger partial charge in [0, 0.05) is 18.0 Å². The first-order chi connectivity index (χ1) is 11.9. The summed E-state index contributed by atoms with van der Waals surface area (Å²) in [5.74, 6) is -1.87. The number of halogens is 3. The van der Waals surface area contributed by atoms with Gasteiger partial charge in [0.05, 0.1) is 12.2 Å². The molecule has 0 fully saturated rings. The summed E-state index contributed by atoms with van der Waals surface area (Å²) in [6.45, 7) is 1.38. The molecular formula is C18H13F3N2O2. The lowest BCUT2D eigenvalue weighted by Gasteiger charge is -2.11. The van der Waals surface area contributed by atoms with Gasteiger partial charge in [-0.15, -0.1) is 0 Å². The number of aromatic nitrogens is 2. The molecule has 3 aromatic rings. The Hall–Kier alpha value is -3.09. The highest BCUT2D eigenvalue weighted by molar-refractivity contribution is 5.40. The number of nitrogens with zero attached hydrogens (tertiary/aromatic N) is 2. The number of hydrogen-bond donors (Lipinski definition) is 0. The van der Waals surface area contributed by atoms with E-state index in [9.17, 15) is 22.8 Å².